The number of carbonyl (C=O) groups excluding carboxylic acids is 1. The van der Waals surface area contributed by atoms with Gasteiger partial charge < -0.3 is 0 Å². The zero-order valence-electron chi connectivity index (χ0n) is 8.84. The molecule has 0 amide bonds. The van der Waals surface area contributed by atoms with Gasteiger partial charge in [0.1, 0.15) is 5.69 Å². The van der Waals surface area contributed by atoms with Crippen molar-refractivity contribution in [2.75, 3.05) is 0 Å². The highest BCUT2D eigenvalue weighted by Gasteiger charge is 2.31. The number of hydrogen-bond donors (Lipinski definition) is 0. The van der Waals surface area contributed by atoms with E-state index in [4.69, 9.17) is 0 Å². The topological polar surface area (TPSA) is 34.9 Å². The van der Waals surface area contributed by atoms with Gasteiger partial charge in [-0.05, 0) is 31.0 Å². The summed E-state index contributed by atoms with van der Waals surface area (Å²) in [5, 5.41) is 4.31. The molecule has 1 aliphatic rings. The van der Waals surface area contributed by atoms with E-state index >= 15 is 0 Å². The van der Waals surface area contributed by atoms with E-state index < -0.39 is 0 Å². The minimum Gasteiger partial charge on any atom is -0.292 e. The third-order valence-electron chi connectivity index (χ3n) is 2.81. The SMILES string of the molecule is O=C(c1ccn(-c2ccccc2)n1)C1CC1. The summed E-state index contributed by atoms with van der Waals surface area (Å²) in [5.41, 5.74) is 1.57. The second-order valence-corrected chi connectivity index (χ2v) is 4.12. The molecule has 0 aliphatic heterocycles. The molecule has 3 rings (SSSR count). The molecule has 1 aromatic carbocycles. The van der Waals surface area contributed by atoms with Crippen LogP contribution in [-0.4, -0.2) is 15.6 Å². The number of rotatable bonds is 3. The maximum absolute atomic E-state index is 11.8. The average Bonchev–Trinajstić information content (AvgIpc) is 3.07. The Bertz CT molecular complexity index is 512. The van der Waals surface area contributed by atoms with E-state index in [-0.39, 0.29) is 11.7 Å². The molecular weight excluding hydrogens is 200 g/mol. The van der Waals surface area contributed by atoms with Crippen LogP contribution >= 0.6 is 0 Å². The molecule has 1 heterocycles. The Labute approximate surface area is 93.7 Å². The average molecular weight is 212 g/mol. The molecule has 0 N–H and O–H groups in total. The van der Waals surface area contributed by atoms with Crippen LogP contribution in [-0.2, 0) is 0 Å². The van der Waals surface area contributed by atoms with Crippen LogP contribution in [0.2, 0.25) is 0 Å². The minimum atomic E-state index is 0.190. The molecule has 16 heavy (non-hydrogen) atoms. The summed E-state index contributed by atoms with van der Waals surface area (Å²) in [6.07, 6.45) is 3.89. The second kappa shape index (κ2) is 3.59. The molecular formula is C13H12N2O. The van der Waals surface area contributed by atoms with E-state index in [2.05, 4.69) is 5.10 Å². The standard InChI is InChI=1S/C13H12N2O/c16-13(10-6-7-10)12-8-9-15(14-12)11-4-2-1-3-5-11/h1-5,8-10H,6-7H2. The van der Waals surface area contributed by atoms with Gasteiger partial charge in [-0.3, -0.25) is 4.79 Å². The number of benzene rings is 1. The van der Waals surface area contributed by atoms with Gasteiger partial charge in [0.05, 0.1) is 5.69 Å². The molecule has 0 saturated heterocycles. The van der Waals surface area contributed by atoms with Crippen molar-refractivity contribution >= 4 is 5.78 Å². The van der Waals surface area contributed by atoms with Crippen molar-refractivity contribution in [1.29, 1.82) is 0 Å². The molecule has 1 saturated carbocycles. The van der Waals surface area contributed by atoms with Crippen molar-refractivity contribution in [3.8, 4) is 5.69 Å². The lowest BCUT2D eigenvalue weighted by Gasteiger charge is -1.99. The Kier molecular flexibility index (Phi) is 2.10. The van der Waals surface area contributed by atoms with Crippen LogP contribution in [0.3, 0.4) is 0 Å². The van der Waals surface area contributed by atoms with Crippen molar-refractivity contribution in [2.45, 2.75) is 12.8 Å². The van der Waals surface area contributed by atoms with Gasteiger partial charge in [-0.2, -0.15) is 5.10 Å². The largest absolute Gasteiger partial charge is 0.292 e. The van der Waals surface area contributed by atoms with E-state index in [9.17, 15) is 4.79 Å². The number of para-hydroxylation sites is 1. The summed E-state index contributed by atoms with van der Waals surface area (Å²) < 4.78 is 1.75. The van der Waals surface area contributed by atoms with Crippen molar-refractivity contribution in [1.82, 2.24) is 9.78 Å². The quantitative estimate of drug-likeness (QED) is 0.732. The Morgan fingerprint density at radius 2 is 1.94 bits per heavy atom. The summed E-state index contributed by atoms with van der Waals surface area (Å²) in [7, 11) is 0. The van der Waals surface area contributed by atoms with Crippen LogP contribution in [0, 0.1) is 5.92 Å². The predicted octanol–water partition coefficient (Wildman–Crippen LogP) is 2.47. The molecule has 3 heteroatoms. The van der Waals surface area contributed by atoms with Gasteiger partial charge >= 0.3 is 0 Å². The molecule has 3 nitrogen and oxygen atoms in total. The number of carbonyl (C=O) groups is 1. The summed E-state index contributed by atoms with van der Waals surface area (Å²) in [5.74, 6) is 0.425. The number of Topliss-reactive ketones (excluding diaryl/α,β-unsaturated/α-hetero) is 1. The molecule has 0 atom stereocenters. The number of aromatic nitrogens is 2. The summed E-state index contributed by atoms with van der Waals surface area (Å²) in [4.78, 5) is 11.8. The molecule has 0 radical (unpaired) electrons. The van der Waals surface area contributed by atoms with E-state index in [0.29, 0.717) is 5.69 Å². The molecule has 1 aliphatic carbocycles. The molecule has 0 unspecified atom stereocenters. The number of hydrogen-bond acceptors (Lipinski definition) is 2. The highest BCUT2D eigenvalue weighted by molar-refractivity contribution is 5.97. The van der Waals surface area contributed by atoms with E-state index in [1.807, 2.05) is 36.5 Å². The monoisotopic (exact) mass is 212 g/mol. The Morgan fingerprint density at radius 3 is 2.62 bits per heavy atom. The van der Waals surface area contributed by atoms with Crippen molar-refractivity contribution in [3.05, 3.63) is 48.3 Å². The van der Waals surface area contributed by atoms with Gasteiger partial charge in [-0.1, -0.05) is 18.2 Å². The van der Waals surface area contributed by atoms with E-state index in [0.717, 1.165) is 18.5 Å². The van der Waals surface area contributed by atoms with Gasteiger partial charge in [0, 0.05) is 12.1 Å². The predicted molar refractivity (Wildman–Crippen MR) is 60.6 cm³/mol. The molecule has 1 aromatic heterocycles. The summed E-state index contributed by atoms with van der Waals surface area (Å²) in [6, 6.07) is 11.6. The highest BCUT2D eigenvalue weighted by atomic mass is 16.1. The van der Waals surface area contributed by atoms with Crippen LogP contribution < -0.4 is 0 Å². The Balaban J connectivity index is 1.90. The molecule has 1 fully saturated rings. The van der Waals surface area contributed by atoms with Crippen LogP contribution in [0.1, 0.15) is 23.3 Å². The smallest absolute Gasteiger partial charge is 0.186 e. The minimum absolute atomic E-state index is 0.190. The molecule has 2 aromatic rings. The first-order valence-electron chi connectivity index (χ1n) is 5.50. The van der Waals surface area contributed by atoms with Crippen LogP contribution in [0.15, 0.2) is 42.6 Å². The maximum atomic E-state index is 11.8. The summed E-state index contributed by atoms with van der Waals surface area (Å²) >= 11 is 0. The molecule has 0 spiro atoms. The fourth-order valence-corrected chi connectivity index (χ4v) is 1.73. The lowest BCUT2D eigenvalue weighted by Crippen LogP contribution is -2.04. The highest BCUT2D eigenvalue weighted by Crippen LogP contribution is 2.32. The van der Waals surface area contributed by atoms with Crippen molar-refractivity contribution < 1.29 is 4.79 Å². The fourth-order valence-electron chi connectivity index (χ4n) is 1.73. The zero-order valence-corrected chi connectivity index (χ0v) is 8.84. The van der Waals surface area contributed by atoms with Gasteiger partial charge in [-0.15, -0.1) is 0 Å². The first-order valence-corrected chi connectivity index (χ1v) is 5.50. The fraction of sp³-hybridized carbons (Fsp3) is 0.231. The Morgan fingerprint density at radius 1 is 1.19 bits per heavy atom. The van der Waals surface area contributed by atoms with E-state index in [1.54, 1.807) is 10.7 Å². The van der Waals surface area contributed by atoms with Crippen molar-refractivity contribution in [3.63, 3.8) is 0 Å². The first kappa shape index (κ1) is 9.33. The number of nitrogens with zero attached hydrogens (tertiary/aromatic N) is 2. The lowest BCUT2D eigenvalue weighted by atomic mass is 10.2. The van der Waals surface area contributed by atoms with Crippen molar-refractivity contribution in [2.24, 2.45) is 5.92 Å². The normalized spacial score (nSPS) is 15.0. The van der Waals surface area contributed by atoms with Crippen LogP contribution in [0.5, 0.6) is 0 Å². The van der Waals surface area contributed by atoms with Gasteiger partial charge in [0.15, 0.2) is 5.78 Å². The van der Waals surface area contributed by atoms with Gasteiger partial charge in [0.2, 0.25) is 0 Å². The molecule has 0 bridgehead atoms. The first-order chi connectivity index (χ1) is 7.84. The van der Waals surface area contributed by atoms with Gasteiger partial charge in [0.25, 0.3) is 0 Å². The lowest BCUT2D eigenvalue weighted by molar-refractivity contribution is 0.0962. The molecule has 80 valence electrons. The van der Waals surface area contributed by atoms with E-state index in [1.165, 1.54) is 0 Å². The zero-order chi connectivity index (χ0) is 11.0. The second-order valence-electron chi connectivity index (χ2n) is 4.12. The third-order valence-corrected chi connectivity index (χ3v) is 2.81. The van der Waals surface area contributed by atoms with Crippen LogP contribution in [0.25, 0.3) is 5.69 Å². The summed E-state index contributed by atoms with van der Waals surface area (Å²) in [6.45, 7) is 0. The Hall–Kier alpha value is -1.90. The maximum Gasteiger partial charge on any atom is 0.186 e. The third kappa shape index (κ3) is 1.65. The number of ketones is 1. The van der Waals surface area contributed by atoms with Gasteiger partial charge in [-0.25, -0.2) is 4.68 Å². The van der Waals surface area contributed by atoms with Crippen LogP contribution in [0.4, 0.5) is 0 Å².